The van der Waals surface area contributed by atoms with Crippen molar-refractivity contribution in [3.63, 3.8) is 0 Å². The summed E-state index contributed by atoms with van der Waals surface area (Å²) in [5, 5.41) is 10.4. The number of fused-ring (bicyclic) bond motifs is 1. The van der Waals surface area contributed by atoms with Crippen LogP contribution in [0, 0.1) is 6.92 Å². The second-order valence-corrected chi connectivity index (χ2v) is 7.93. The molecular formula is C24H25NO3. The van der Waals surface area contributed by atoms with E-state index in [1.807, 2.05) is 55.5 Å². The summed E-state index contributed by atoms with van der Waals surface area (Å²) >= 11 is 0. The summed E-state index contributed by atoms with van der Waals surface area (Å²) in [4.78, 5) is 28.0. The van der Waals surface area contributed by atoms with Crippen molar-refractivity contribution < 1.29 is 14.7 Å². The number of rotatable bonds is 4. The van der Waals surface area contributed by atoms with Crippen molar-refractivity contribution in [2.24, 2.45) is 0 Å². The zero-order valence-corrected chi connectivity index (χ0v) is 16.1. The van der Waals surface area contributed by atoms with Gasteiger partial charge in [-0.05, 0) is 49.4 Å². The van der Waals surface area contributed by atoms with Gasteiger partial charge in [0.15, 0.2) is 0 Å². The van der Waals surface area contributed by atoms with Gasteiger partial charge in [0.2, 0.25) is 0 Å². The molecule has 4 heteroatoms. The van der Waals surface area contributed by atoms with Crippen molar-refractivity contribution >= 4 is 11.9 Å². The van der Waals surface area contributed by atoms with Crippen molar-refractivity contribution in [2.45, 2.75) is 50.6 Å². The monoisotopic (exact) mass is 375 g/mol. The highest BCUT2D eigenvalue weighted by atomic mass is 16.4. The first-order chi connectivity index (χ1) is 13.5. The zero-order chi connectivity index (χ0) is 19.7. The number of allylic oxidation sites excluding steroid dienone is 1. The number of carboxylic acid groups (broad SMARTS) is 1. The Bertz CT molecular complexity index is 921. The van der Waals surface area contributed by atoms with Crippen molar-refractivity contribution in [3.05, 3.63) is 82.9 Å². The van der Waals surface area contributed by atoms with Crippen LogP contribution in [0.1, 0.15) is 46.3 Å². The molecule has 0 aliphatic heterocycles. The van der Waals surface area contributed by atoms with Crippen LogP contribution in [-0.2, 0) is 17.6 Å². The molecule has 0 radical (unpaired) electrons. The van der Waals surface area contributed by atoms with E-state index in [9.17, 15) is 14.7 Å². The van der Waals surface area contributed by atoms with Crippen molar-refractivity contribution in [1.29, 1.82) is 0 Å². The van der Waals surface area contributed by atoms with Crippen LogP contribution in [0.25, 0.3) is 0 Å². The third-order valence-electron chi connectivity index (χ3n) is 5.99. The number of carbonyl (C=O) groups excluding carboxylic acids is 1. The minimum absolute atomic E-state index is 0.199. The molecule has 0 bridgehead atoms. The molecular weight excluding hydrogens is 350 g/mol. The van der Waals surface area contributed by atoms with Crippen LogP contribution in [0.15, 0.2) is 60.7 Å². The molecule has 0 aromatic heterocycles. The summed E-state index contributed by atoms with van der Waals surface area (Å²) in [5.74, 6) is -1.13. The third kappa shape index (κ3) is 3.13. The predicted octanol–water partition coefficient (Wildman–Crippen LogP) is 4.17. The van der Waals surface area contributed by atoms with Crippen LogP contribution in [0.3, 0.4) is 0 Å². The number of aliphatic carboxylic acids is 1. The number of carbonyl (C=O) groups is 2. The van der Waals surface area contributed by atoms with Crippen molar-refractivity contribution in [2.75, 3.05) is 0 Å². The van der Waals surface area contributed by atoms with Gasteiger partial charge in [-0.1, -0.05) is 54.1 Å². The number of benzene rings is 2. The number of hydrogen-bond acceptors (Lipinski definition) is 2. The van der Waals surface area contributed by atoms with E-state index in [1.165, 1.54) is 0 Å². The molecule has 144 valence electrons. The predicted molar refractivity (Wildman–Crippen MR) is 108 cm³/mol. The summed E-state index contributed by atoms with van der Waals surface area (Å²) in [6.07, 6.45) is 7.51. The van der Waals surface area contributed by atoms with E-state index in [0.29, 0.717) is 18.4 Å². The van der Waals surface area contributed by atoms with E-state index in [4.69, 9.17) is 0 Å². The Morgan fingerprint density at radius 1 is 1.07 bits per heavy atom. The van der Waals surface area contributed by atoms with Gasteiger partial charge >= 0.3 is 5.97 Å². The number of aryl methyl sites for hydroxylation is 1. The molecule has 0 saturated carbocycles. The lowest BCUT2D eigenvalue weighted by Crippen LogP contribution is -2.61. The molecule has 0 heterocycles. The largest absolute Gasteiger partial charge is 0.479 e. The Morgan fingerprint density at radius 3 is 2.36 bits per heavy atom. The topological polar surface area (TPSA) is 57.6 Å². The highest BCUT2D eigenvalue weighted by Gasteiger charge is 2.52. The van der Waals surface area contributed by atoms with E-state index >= 15 is 0 Å². The molecule has 28 heavy (non-hydrogen) atoms. The Morgan fingerprint density at radius 2 is 1.79 bits per heavy atom. The Balaban J connectivity index is 1.82. The molecule has 1 amide bonds. The van der Waals surface area contributed by atoms with Gasteiger partial charge in [-0.25, -0.2) is 4.79 Å². The highest BCUT2D eigenvalue weighted by Crippen LogP contribution is 2.39. The van der Waals surface area contributed by atoms with E-state index in [1.54, 1.807) is 11.0 Å². The minimum Gasteiger partial charge on any atom is -0.479 e. The minimum atomic E-state index is -1.25. The summed E-state index contributed by atoms with van der Waals surface area (Å²) in [6.45, 7) is 1.94. The van der Waals surface area contributed by atoms with Gasteiger partial charge in [-0.15, -0.1) is 0 Å². The lowest BCUT2D eigenvalue weighted by Gasteiger charge is -2.43. The Labute approximate surface area is 165 Å². The molecule has 2 aromatic rings. The Kier molecular flexibility index (Phi) is 4.80. The van der Waals surface area contributed by atoms with Crippen LogP contribution < -0.4 is 0 Å². The SMILES string of the molecule is Cc1cccc(C(=O)N(C2C=CCCC2)C2(C(=O)O)Cc3ccccc3C2)c1. The number of hydrogen-bond donors (Lipinski definition) is 1. The maximum Gasteiger partial charge on any atom is 0.330 e. The van der Waals surface area contributed by atoms with E-state index < -0.39 is 11.5 Å². The van der Waals surface area contributed by atoms with Gasteiger partial charge in [0, 0.05) is 18.4 Å². The van der Waals surface area contributed by atoms with E-state index in [2.05, 4.69) is 6.08 Å². The van der Waals surface area contributed by atoms with Crippen molar-refractivity contribution in [1.82, 2.24) is 4.90 Å². The maximum absolute atomic E-state index is 13.7. The molecule has 1 N–H and O–H groups in total. The lowest BCUT2D eigenvalue weighted by atomic mass is 9.87. The quantitative estimate of drug-likeness (QED) is 0.816. The highest BCUT2D eigenvalue weighted by molar-refractivity contribution is 5.99. The number of nitrogens with zero attached hydrogens (tertiary/aromatic N) is 1. The standard InChI is InChI=1S/C24H25NO3/c1-17-8-7-11-18(14-17)22(26)25(21-12-3-2-4-13-21)24(23(27)28)15-19-9-5-6-10-20(19)16-24/h3,5-12,14,21H,2,4,13,15-16H2,1H3,(H,27,28). The normalized spacial score (nSPS) is 19.8. The molecule has 2 aromatic carbocycles. The lowest BCUT2D eigenvalue weighted by molar-refractivity contribution is -0.150. The van der Waals surface area contributed by atoms with Gasteiger partial charge < -0.3 is 10.0 Å². The molecule has 1 unspecified atom stereocenters. The van der Waals surface area contributed by atoms with Gasteiger partial charge in [0.05, 0.1) is 6.04 Å². The molecule has 2 aliphatic rings. The molecule has 0 saturated heterocycles. The molecule has 0 fully saturated rings. The summed E-state index contributed by atoms with van der Waals surface area (Å²) < 4.78 is 0. The number of amides is 1. The first-order valence-corrected chi connectivity index (χ1v) is 9.88. The van der Waals surface area contributed by atoms with Gasteiger partial charge in [0.25, 0.3) is 5.91 Å². The van der Waals surface area contributed by atoms with Crippen LogP contribution in [-0.4, -0.2) is 33.5 Å². The molecule has 1 atom stereocenters. The summed E-state index contributed by atoms with van der Waals surface area (Å²) in [7, 11) is 0. The average molecular weight is 375 g/mol. The number of carboxylic acids is 1. The Hall–Kier alpha value is -2.88. The molecule has 0 spiro atoms. The fourth-order valence-corrected chi connectivity index (χ4v) is 4.61. The smallest absolute Gasteiger partial charge is 0.330 e. The average Bonchev–Trinajstić information content (AvgIpc) is 3.09. The zero-order valence-electron chi connectivity index (χ0n) is 16.1. The molecule has 4 rings (SSSR count). The van der Waals surface area contributed by atoms with Crippen LogP contribution >= 0.6 is 0 Å². The fourth-order valence-electron chi connectivity index (χ4n) is 4.61. The maximum atomic E-state index is 13.7. The molecule has 4 nitrogen and oxygen atoms in total. The van der Waals surface area contributed by atoms with Crippen molar-refractivity contribution in [3.8, 4) is 0 Å². The third-order valence-corrected chi connectivity index (χ3v) is 5.99. The second-order valence-electron chi connectivity index (χ2n) is 7.93. The van der Waals surface area contributed by atoms with Crippen LogP contribution in [0.4, 0.5) is 0 Å². The van der Waals surface area contributed by atoms with E-state index in [-0.39, 0.29) is 11.9 Å². The van der Waals surface area contributed by atoms with Crippen LogP contribution in [0.5, 0.6) is 0 Å². The van der Waals surface area contributed by atoms with Crippen LogP contribution in [0.2, 0.25) is 0 Å². The van der Waals surface area contributed by atoms with Gasteiger partial charge in [-0.2, -0.15) is 0 Å². The summed E-state index contributed by atoms with van der Waals surface area (Å²) in [5.41, 5.74) is 2.33. The first kappa shape index (κ1) is 18.5. The van der Waals surface area contributed by atoms with E-state index in [0.717, 1.165) is 36.0 Å². The fraction of sp³-hybridized carbons (Fsp3) is 0.333. The first-order valence-electron chi connectivity index (χ1n) is 9.88. The summed E-state index contributed by atoms with van der Waals surface area (Å²) in [6, 6.07) is 15.1. The van der Waals surface area contributed by atoms with Gasteiger partial charge in [-0.3, -0.25) is 4.79 Å². The van der Waals surface area contributed by atoms with Gasteiger partial charge in [0.1, 0.15) is 5.54 Å². The second kappa shape index (κ2) is 7.27. The molecule has 2 aliphatic carbocycles.